The number of hydrogen-bond acceptors (Lipinski definition) is 4. The molecule has 6 nitrogen and oxygen atoms in total. The second kappa shape index (κ2) is 9.60. The van der Waals surface area contributed by atoms with Gasteiger partial charge in [-0.1, -0.05) is 19.9 Å². The zero-order chi connectivity index (χ0) is 20.7. The topological polar surface area (TPSA) is 76.7 Å². The Morgan fingerprint density at radius 3 is 2.14 bits per heavy atom. The van der Waals surface area contributed by atoms with Gasteiger partial charge in [0.2, 0.25) is 5.91 Å². The largest absolute Gasteiger partial charge is 0.493 e. The van der Waals surface area contributed by atoms with E-state index >= 15 is 0 Å². The summed E-state index contributed by atoms with van der Waals surface area (Å²) in [7, 11) is 3.09. The van der Waals surface area contributed by atoms with Crippen LogP contribution in [-0.4, -0.2) is 26.0 Å². The van der Waals surface area contributed by atoms with Crippen molar-refractivity contribution in [2.24, 2.45) is 5.92 Å². The highest BCUT2D eigenvalue weighted by Gasteiger charge is 2.16. The maximum atomic E-state index is 12.7. The Hall–Kier alpha value is -3.28. The monoisotopic (exact) mass is 382 g/mol. The van der Waals surface area contributed by atoms with Crippen LogP contribution in [0.1, 0.15) is 29.8 Å². The highest BCUT2D eigenvalue weighted by atomic mass is 16.5. The first-order valence-corrected chi connectivity index (χ1v) is 8.97. The minimum absolute atomic E-state index is 0.0585. The average molecular weight is 382 g/mol. The number of rotatable bonds is 8. The van der Waals surface area contributed by atoms with Crippen molar-refractivity contribution in [2.75, 3.05) is 24.9 Å². The van der Waals surface area contributed by atoms with Crippen LogP contribution >= 0.6 is 0 Å². The van der Waals surface area contributed by atoms with Crippen molar-refractivity contribution in [1.29, 1.82) is 0 Å². The molecule has 2 rings (SSSR count). The summed E-state index contributed by atoms with van der Waals surface area (Å²) in [6.45, 7) is 7.40. The molecule has 0 radical (unpaired) electrons. The molecule has 0 atom stereocenters. The van der Waals surface area contributed by atoms with Gasteiger partial charge in [0.15, 0.2) is 11.5 Å². The molecule has 0 saturated heterocycles. The molecule has 0 saturated carbocycles. The SMILES string of the molecule is C=CCc1cc(C(=O)Nc2ccc(NC(=O)C(C)C)cc2)cc(OC)c1OC. The summed E-state index contributed by atoms with van der Waals surface area (Å²) in [5, 5.41) is 5.66. The van der Waals surface area contributed by atoms with Gasteiger partial charge in [-0.2, -0.15) is 0 Å². The summed E-state index contributed by atoms with van der Waals surface area (Å²) >= 11 is 0. The number of nitrogens with one attached hydrogen (secondary N) is 2. The Kier molecular flexibility index (Phi) is 7.21. The van der Waals surface area contributed by atoms with Gasteiger partial charge in [-0.3, -0.25) is 9.59 Å². The first-order chi connectivity index (χ1) is 13.4. The van der Waals surface area contributed by atoms with Crippen molar-refractivity contribution in [1.82, 2.24) is 0 Å². The Labute approximate surface area is 165 Å². The van der Waals surface area contributed by atoms with E-state index in [1.807, 2.05) is 13.8 Å². The highest BCUT2D eigenvalue weighted by molar-refractivity contribution is 6.05. The van der Waals surface area contributed by atoms with E-state index in [0.717, 1.165) is 5.56 Å². The van der Waals surface area contributed by atoms with Crippen LogP contribution in [0.2, 0.25) is 0 Å². The molecule has 0 aliphatic carbocycles. The summed E-state index contributed by atoms with van der Waals surface area (Å²) in [6, 6.07) is 10.4. The quantitative estimate of drug-likeness (QED) is 0.668. The van der Waals surface area contributed by atoms with Crippen LogP contribution in [0.15, 0.2) is 49.1 Å². The van der Waals surface area contributed by atoms with Crippen LogP contribution in [-0.2, 0) is 11.2 Å². The van der Waals surface area contributed by atoms with Gasteiger partial charge in [0, 0.05) is 28.4 Å². The van der Waals surface area contributed by atoms with Crippen molar-refractivity contribution < 1.29 is 19.1 Å². The lowest BCUT2D eigenvalue weighted by atomic mass is 10.0. The van der Waals surface area contributed by atoms with Gasteiger partial charge >= 0.3 is 0 Å². The van der Waals surface area contributed by atoms with Gasteiger partial charge in [0.05, 0.1) is 14.2 Å². The fourth-order valence-electron chi connectivity index (χ4n) is 2.61. The van der Waals surface area contributed by atoms with E-state index in [1.165, 1.54) is 7.11 Å². The molecule has 0 bridgehead atoms. The van der Waals surface area contributed by atoms with Gasteiger partial charge in [0.25, 0.3) is 5.91 Å². The van der Waals surface area contributed by atoms with Gasteiger partial charge in [0.1, 0.15) is 0 Å². The smallest absolute Gasteiger partial charge is 0.255 e. The second-order valence-electron chi connectivity index (χ2n) is 6.54. The zero-order valence-electron chi connectivity index (χ0n) is 16.7. The molecule has 0 spiro atoms. The first kappa shape index (κ1) is 21.0. The molecule has 2 aromatic carbocycles. The van der Waals surface area contributed by atoms with E-state index in [0.29, 0.717) is 34.9 Å². The predicted octanol–water partition coefficient (Wildman–Crippen LogP) is 4.28. The molecule has 28 heavy (non-hydrogen) atoms. The fraction of sp³-hybridized carbons (Fsp3) is 0.273. The third-order valence-corrected chi connectivity index (χ3v) is 4.12. The minimum Gasteiger partial charge on any atom is -0.493 e. The normalized spacial score (nSPS) is 10.3. The number of anilines is 2. The molecule has 2 N–H and O–H groups in total. The zero-order valence-corrected chi connectivity index (χ0v) is 16.7. The number of carbonyl (C=O) groups excluding carboxylic acids is 2. The molecule has 0 fully saturated rings. The summed E-state index contributed by atoms with van der Waals surface area (Å²) in [6.07, 6.45) is 2.29. The van der Waals surface area contributed by atoms with Crippen molar-refractivity contribution in [2.45, 2.75) is 20.3 Å². The number of allylic oxidation sites excluding steroid dienone is 1. The Bertz CT molecular complexity index is 858. The van der Waals surface area contributed by atoms with Crippen molar-refractivity contribution in [3.05, 3.63) is 60.2 Å². The number of benzene rings is 2. The van der Waals surface area contributed by atoms with Crippen LogP contribution < -0.4 is 20.1 Å². The maximum Gasteiger partial charge on any atom is 0.255 e. The lowest BCUT2D eigenvalue weighted by Crippen LogP contribution is -2.17. The van der Waals surface area contributed by atoms with E-state index in [2.05, 4.69) is 17.2 Å². The number of ether oxygens (including phenoxy) is 2. The maximum absolute atomic E-state index is 12.7. The van der Waals surface area contributed by atoms with E-state index < -0.39 is 0 Å². The van der Waals surface area contributed by atoms with Gasteiger partial charge in [-0.15, -0.1) is 6.58 Å². The second-order valence-corrected chi connectivity index (χ2v) is 6.54. The number of carbonyl (C=O) groups is 2. The molecule has 0 heterocycles. The molecule has 2 aromatic rings. The molecular weight excluding hydrogens is 356 g/mol. The van der Waals surface area contributed by atoms with Gasteiger partial charge in [-0.25, -0.2) is 0 Å². The fourth-order valence-corrected chi connectivity index (χ4v) is 2.61. The van der Waals surface area contributed by atoms with E-state index in [-0.39, 0.29) is 17.7 Å². The van der Waals surface area contributed by atoms with Crippen LogP contribution in [0.5, 0.6) is 11.5 Å². The number of methoxy groups -OCH3 is 2. The third-order valence-electron chi connectivity index (χ3n) is 4.12. The van der Waals surface area contributed by atoms with E-state index in [1.54, 1.807) is 49.6 Å². The number of amides is 2. The predicted molar refractivity (Wildman–Crippen MR) is 111 cm³/mol. The molecule has 0 aromatic heterocycles. The lowest BCUT2D eigenvalue weighted by molar-refractivity contribution is -0.118. The Morgan fingerprint density at radius 1 is 1.04 bits per heavy atom. The Morgan fingerprint density at radius 2 is 1.64 bits per heavy atom. The minimum atomic E-state index is -0.273. The molecular formula is C22H26N2O4. The molecule has 2 amide bonds. The van der Waals surface area contributed by atoms with Crippen molar-refractivity contribution >= 4 is 23.2 Å². The summed E-state index contributed by atoms with van der Waals surface area (Å²) < 4.78 is 10.8. The molecule has 0 aliphatic rings. The molecule has 0 unspecified atom stereocenters. The first-order valence-electron chi connectivity index (χ1n) is 8.97. The standard InChI is InChI=1S/C22H26N2O4/c1-6-7-15-12-16(13-19(27-4)20(15)28-5)22(26)24-18-10-8-17(9-11-18)23-21(25)14(2)3/h6,8-14H,1,7H2,2-5H3,(H,23,25)(H,24,26). The third kappa shape index (κ3) is 5.13. The van der Waals surface area contributed by atoms with Gasteiger partial charge in [-0.05, 0) is 42.8 Å². The molecule has 6 heteroatoms. The van der Waals surface area contributed by atoms with Crippen LogP contribution in [0.25, 0.3) is 0 Å². The summed E-state index contributed by atoms with van der Waals surface area (Å²) in [5.74, 6) is 0.638. The van der Waals surface area contributed by atoms with E-state index in [4.69, 9.17) is 9.47 Å². The lowest BCUT2D eigenvalue weighted by Gasteiger charge is -2.14. The van der Waals surface area contributed by atoms with Crippen LogP contribution in [0.4, 0.5) is 11.4 Å². The molecule has 148 valence electrons. The summed E-state index contributed by atoms with van der Waals surface area (Å²) in [5.41, 5.74) is 2.56. The summed E-state index contributed by atoms with van der Waals surface area (Å²) in [4.78, 5) is 24.4. The molecule has 0 aliphatic heterocycles. The van der Waals surface area contributed by atoms with Crippen LogP contribution in [0, 0.1) is 5.92 Å². The Balaban J connectivity index is 2.19. The van der Waals surface area contributed by atoms with E-state index in [9.17, 15) is 9.59 Å². The number of hydrogen-bond donors (Lipinski definition) is 2. The highest BCUT2D eigenvalue weighted by Crippen LogP contribution is 2.33. The van der Waals surface area contributed by atoms with Crippen LogP contribution in [0.3, 0.4) is 0 Å². The van der Waals surface area contributed by atoms with Crippen molar-refractivity contribution in [3.8, 4) is 11.5 Å². The van der Waals surface area contributed by atoms with Gasteiger partial charge < -0.3 is 20.1 Å². The van der Waals surface area contributed by atoms with Crippen molar-refractivity contribution in [3.63, 3.8) is 0 Å². The average Bonchev–Trinajstić information content (AvgIpc) is 2.68.